The van der Waals surface area contributed by atoms with Crippen LogP contribution in [0.2, 0.25) is 0 Å². The second-order valence-corrected chi connectivity index (χ2v) is 2.77. The molecule has 0 atom stereocenters. The van der Waals surface area contributed by atoms with Gasteiger partial charge in [0.15, 0.2) is 0 Å². The highest BCUT2D eigenvalue weighted by atomic mass is 16.3. The molecule has 0 aromatic carbocycles. The standard InChI is InChI=1S/C10H10O2/c1-8-4-5-10(12-8)7-9-3-2-6-11-9/h2-6H,7H2,1H3. The van der Waals surface area contributed by atoms with Crippen molar-refractivity contribution in [3.63, 3.8) is 0 Å². The van der Waals surface area contributed by atoms with Gasteiger partial charge in [0.05, 0.1) is 12.7 Å². The fourth-order valence-corrected chi connectivity index (χ4v) is 1.17. The summed E-state index contributed by atoms with van der Waals surface area (Å²) in [5, 5.41) is 0. The molecule has 0 aliphatic carbocycles. The Morgan fingerprint density at radius 2 is 2.08 bits per heavy atom. The Morgan fingerprint density at radius 1 is 1.17 bits per heavy atom. The van der Waals surface area contributed by atoms with E-state index in [-0.39, 0.29) is 0 Å². The molecule has 2 aromatic rings. The summed E-state index contributed by atoms with van der Waals surface area (Å²) in [6, 6.07) is 7.75. The van der Waals surface area contributed by atoms with Gasteiger partial charge in [-0.15, -0.1) is 0 Å². The lowest BCUT2D eigenvalue weighted by molar-refractivity contribution is 0.460. The molecule has 0 saturated heterocycles. The first-order valence-corrected chi connectivity index (χ1v) is 3.92. The molecule has 0 fully saturated rings. The minimum atomic E-state index is 0.737. The van der Waals surface area contributed by atoms with Crippen molar-refractivity contribution in [2.75, 3.05) is 0 Å². The van der Waals surface area contributed by atoms with Gasteiger partial charge in [0.1, 0.15) is 17.3 Å². The molecule has 0 aliphatic rings. The highest BCUT2D eigenvalue weighted by molar-refractivity contribution is 5.12. The van der Waals surface area contributed by atoms with Crippen molar-refractivity contribution in [2.24, 2.45) is 0 Å². The van der Waals surface area contributed by atoms with E-state index in [4.69, 9.17) is 8.83 Å². The maximum atomic E-state index is 5.40. The van der Waals surface area contributed by atoms with Crippen LogP contribution in [0.5, 0.6) is 0 Å². The molecule has 0 radical (unpaired) electrons. The van der Waals surface area contributed by atoms with Crippen molar-refractivity contribution in [1.29, 1.82) is 0 Å². The fourth-order valence-electron chi connectivity index (χ4n) is 1.17. The number of hydrogen-bond donors (Lipinski definition) is 0. The van der Waals surface area contributed by atoms with E-state index in [2.05, 4.69) is 0 Å². The summed E-state index contributed by atoms with van der Waals surface area (Å²) in [6.45, 7) is 1.94. The van der Waals surface area contributed by atoms with E-state index >= 15 is 0 Å². The van der Waals surface area contributed by atoms with Gasteiger partial charge in [0.2, 0.25) is 0 Å². The molecule has 0 unspecified atom stereocenters. The Hall–Kier alpha value is -1.44. The minimum absolute atomic E-state index is 0.737. The first kappa shape index (κ1) is 7.22. The number of furan rings is 2. The molecule has 12 heavy (non-hydrogen) atoms. The van der Waals surface area contributed by atoms with Gasteiger partial charge in [-0.25, -0.2) is 0 Å². The first-order chi connectivity index (χ1) is 5.84. The molecule has 0 bridgehead atoms. The van der Waals surface area contributed by atoms with Gasteiger partial charge in [-0.3, -0.25) is 0 Å². The van der Waals surface area contributed by atoms with E-state index in [9.17, 15) is 0 Å². The molecular weight excluding hydrogens is 152 g/mol. The van der Waals surface area contributed by atoms with Gasteiger partial charge < -0.3 is 8.83 Å². The van der Waals surface area contributed by atoms with Crippen LogP contribution in [-0.4, -0.2) is 0 Å². The molecule has 2 rings (SSSR count). The highest BCUT2D eigenvalue weighted by Gasteiger charge is 2.01. The number of aryl methyl sites for hydroxylation is 1. The van der Waals surface area contributed by atoms with Crippen molar-refractivity contribution in [3.8, 4) is 0 Å². The average molecular weight is 162 g/mol. The van der Waals surface area contributed by atoms with Gasteiger partial charge in [0.25, 0.3) is 0 Å². The Kier molecular flexibility index (Phi) is 1.74. The average Bonchev–Trinajstić information content (AvgIpc) is 2.63. The summed E-state index contributed by atoms with van der Waals surface area (Å²) >= 11 is 0. The summed E-state index contributed by atoms with van der Waals surface area (Å²) in [5.41, 5.74) is 0. The third kappa shape index (κ3) is 1.42. The summed E-state index contributed by atoms with van der Waals surface area (Å²) in [7, 11) is 0. The van der Waals surface area contributed by atoms with Crippen LogP contribution >= 0.6 is 0 Å². The zero-order valence-electron chi connectivity index (χ0n) is 6.91. The third-order valence-corrected chi connectivity index (χ3v) is 1.72. The van der Waals surface area contributed by atoms with Crippen molar-refractivity contribution in [3.05, 3.63) is 47.8 Å². The monoisotopic (exact) mass is 162 g/mol. The minimum Gasteiger partial charge on any atom is -0.469 e. The second kappa shape index (κ2) is 2.89. The lowest BCUT2D eigenvalue weighted by Gasteiger charge is -1.90. The Morgan fingerprint density at radius 3 is 2.67 bits per heavy atom. The molecule has 62 valence electrons. The van der Waals surface area contributed by atoms with Crippen molar-refractivity contribution in [1.82, 2.24) is 0 Å². The van der Waals surface area contributed by atoms with E-state index in [0.717, 1.165) is 23.7 Å². The van der Waals surface area contributed by atoms with Gasteiger partial charge >= 0.3 is 0 Å². The first-order valence-electron chi connectivity index (χ1n) is 3.92. The Labute approximate surface area is 70.8 Å². The predicted octanol–water partition coefficient (Wildman–Crippen LogP) is 2.77. The second-order valence-electron chi connectivity index (χ2n) is 2.77. The van der Waals surface area contributed by atoms with Crippen LogP contribution in [-0.2, 0) is 6.42 Å². The van der Waals surface area contributed by atoms with Crippen molar-refractivity contribution >= 4 is 0 Å². The van der Waals surface area contributed by atoms with E-state index < -0.39 is 0 Å². The van der Waals surface area contributed by atoms with Crippen molar-refractivity contribution < 1.29 is 8.83 Å². The fraction of sp³-hybridized carbons (Fsp3) is 0.200. The molecule has 0 N–H and O–H groups in total. The van der Waals surface area contributed by atoms with Crippen LogP contribution < -0.4 is 0 Å². The molecule has 2 nitrogen and oxygen atoms in total. The molecule has 0 aliphatic heterocycles. The zero-order chi connectivity index (χ0) is 8.39. The molecule has 0 saturated carbocycles. The van der Waals surface area contributed by atoms with Crippen LogP contribution in [0.25, 0.3) is 0 Å². The summed E-state index contributed by atoms with van der Waals surface area (Å²) in [4.78, 5) is 0. The smallest absolute Gasteiger partial charge is 0.111 e. The maximum absolute atomic E-state index is 5.40. The topological polar surface area (TPSA) is 26.3 Å². The molecule has 2 heteroatoms. The van der Waals surface area contributed by atoms with Crippen LogP contribution in [0.4, 0.5) is 0 Å². The van der Waals surface area contributed by atoms with E-state index in [1.807, 2.05) is 31.2 Å². The Balaban J connectivity index is 2.14. The van der Waals surface area contributed by atoms with Crippen LogP contribution in [0.3, 0.4) is 0 Å². The van der Waals surface area contributed by atoms with E-state index in [0.29, 0.717) is 0 Å². The zero-order valence-corrected chi connectivity index (χ0v) is 6.91. The van der Waals surface area contributed by atoms with Gasteiger partial charge in [0, 0.05) is 0 Å². The van der Waals surface area contributed by atoms with Crippen molar-refractivity contribution in [2.45, 2.75) is 13.3 Å². The molecule has 2 heterocycles. The van der Waals surface area contributed by atoms with Crippen LogP contribution in [0.1, 0.15) is 17.3 Å². The van der Waals surface area contributed by atoms with E-state index in [1.165, 1.54) is 0 Å². The lowest BCUT2D eigenvalue weighted by atomic mass is 10.3. The summed E-state index contributed by atoms with van der Waals surface area (Å²) in [5.74, 6) is 2.82. The number of rotatable bonds is 2. The van der Waals surface area contributed by atoms with Gasteiger partial charge in [-0.05, 0) is 31.2 Å². The SMILES string of the molecule is Cc1ccc(Cc2ccco2)o1. The summed E-state index contributed by atoms with van der Waals surface area (Å²) in [6.07, 6.45) is 2.41. The highest BCUT2D eigenvalue weighted by Crippen LogP contribution is 2.12. The molecule has 2 aromatic heterocycles. The number of hydrogen-bond acceptors (Lipinski definition) is 2. The Bertz CT molecular complexity index is 344. The van der Waals surface area contributed by atoms with E-state index in [1.54, 1.807) is 6.26 Å². The quantitative estimate of drug-likeness (QED) is 0.678. The molecular formula is C10H10O2. The largest absolute Gasteiger partial charge is 0.469 e. The van der Waals surface area contributed by atoms with Crippen LogP contribution in [0, 0.1) is 6.92 Å². The maximum Gasteiger partial charge on any atom is 0.111 e. The predicted molar refractivity (Wildman–Crippen MR) is 45.0 cm³/mol. The van der Waals surface area contributed by atoms with Gasteiger partial charge in [-0.2, -0.15) is 0 Å². The lowest BCUT2D eigenvalue weighted by Crippen LogP contribution is -1.80. The molecule has 0 amide bonds. The summed E-state index contributed by atoms with van der Waals surface area (Å²) < 4.78 is 10.6. The normalized spacial score (nSPS) is 10.4. The third-order valence-electron chi connectivity index (χ3n) is 1.72. The molecule has 0 spiro atoms. The van der Waals surface area contributed by atoms with Crippen LogP contribution in [0.15, 0.2) is 39.4 Å². The van der Waals surface area contributed by atoms with Gasteiger partial charge in [-0.1, -0.05) is 0 Å².